The number of fused-ring (bicyclic) bond motifs is 9. The third-order valence-electron chi connectivity index (χ3n) is 9.79. The third kappa shape index (κ3) is 7.34. The first kappa shape index (κ1) is 35.3. The lowest BCUT2D eigenvalue weighted by Gasteiger charge is -1.96. The van der Waals surface area contributed by atoms with Crippen LogP contribution in [0.25, 0.3) is 65.8 Å². The van der Waals surface area contributed by atoms with E-state index in [2.05, 4.69) is 171 Å². The molecule has 7 aromatic carbocycles. The van der Waals surface area contributed by atoms with Gasteiger partial charge in [-0.15, -0.1) is 0 Å². The van der Waals surface area contributed by atoms with Gasteiger partial charge in [0.1, 0.15) is 33.5 Å². The summed E-state index contributed by atoms with van der Waals surface area (Å²) >= 11 is 0. The van der Waals surface area contributed by atoms with E-state index in [1.54, 1.807) is 0 Å². The number of rotatable bonds is 0. The topological polar surface area (TPSA) is 39.4 Å². The lowest BCUT2D eigenvalue weighted by molar-refractivity contribution is 0.662. The Morgan fingerprint density at radius 3 is 1.25 bits per heavy atom. The smallest absolute Gasteiger partial charge is 0.138 e. The largest absolute Gasteiger partial charge is 0.456 e. The van der Waals surface area contributed by atoms with Gasteiger partial charge in [-0.3, -0.25) is 0 Å². The van der Waals surface area contributed by atoms with Gasteiger partial charge in [0.05, 0.1) is 0 Å². The zero-order chi connectivity index (χ0) is 37.2. The summed E-state index contributed by atoms with van der Waals surface area (Å²) < 4.78 is 17.6. The van der Waals surface area contributed by atoms with Crippen LogP contribution in [-0.4, -0.2) is 0 Å². The Morgan fingerprint density at radius 2 is 0.679 bits per heavy atom. The van der Waals surface area contributed by atoms with E-state index in [0.29, 0.717) is 0 Å². The molecule has 0 saturated carbocycles. The molecule has 0 saturated heterocycles. The molecule has 0 fully saturated rings. The number of para-hydroxylation sites is 4. The van der Waals surface area contributed by atoms with Gasteiger partial charge in [-0.2, -0.15) is 0 Å². The maximum absolute atomic E-state index is 5.91. The highest BCUT2D eigenvalue weighted by atomic mass is 16.3. The Bertz CT molecular complexity index is 2770. The fourth-order valence-corrected chi connectivity index (χ4v) is 6.97. The fraction of sp³-hybridized carbons (Fsp3) is 0.160. The summed E-state index contributed by atoms with van der Waals surface area (Å²) in [5, 5.41) is 7.30. The Hall–Kier alpha value is -6.06. The van der Waals surface area contributed by atoms with Crippen molar-refractivity contribution in [2.24, 2.45) is 0 Å². The lowest BCUT2D eigenvalue weighted by Crippen LogP contribution is -1.76. The van der Waals surface area contributed by atoms with E-state index in [9.17, 15) is 0 Å². The lowest BCUT2D eigenvalue weighted by atomic mass is 10.1. The zero-order valence-electron chi connectivity index (χ0n) is 31.9. The predicted octanol–water partition coefficient (Wildman–Crippen LogP) is 14.9. The second kappa shape index (κ2) is 14.9. The molecular weight excluding hydrogens is 649 g/mol. The average molecular weight is 695 g/mol. The molecule has 3 nitrogen and oxygen atoms in total. The van der Waals surface area contributed by atoms with E-state index in [4.69, 9.17) is 13.3 Å². The SMILES string of the molecule is Cc1cc(C)c2oc3ccccc3c2c1.Cc1ccc(C)cc1.Cc1ccc2oc3c(C)cccc3c2c1.Cc1cccc2c1oc1c(C)cccc12. The van der Waals surface area contributed by atoms with Gasteiger partial charge >= 0.3 is 0 Å². The molecule has 264 valence electrons. The summed E-state index contributed by atoms with van der Waals surface area (Å²) in [5.74, 6) is 0. The molecule has 0 aliphatic rings. The molecule has 3 aromatic heterocycles. The highest BCUT2D eigenvalue weighted by Gasteiger charge is 2.11. The van der Waals surface area contributed by atoms with Crippen molar-refractivity contribution >= 4 is 65.8 Å². The predicted molar refractivity (Wildman–Crippen MR) is 225 cm³/mol. The summed E-state index contributed by atoms with van der Waals surface area (Å²) in [6, 6.07) is 46.2. The standard InChI is InChI=1S/3C14H12O.C8H10/c1-9-5-3-7-11-12-8-4-6-10(2)14(12)15-13(9)11;1-9-6-7-13-12(8-9)11-5-3-4-10(2)14(11)15-13;1-9-7-10(2)14-12(8-9)11-5-3-4-6-13(11)15-14;1-7-3-5-8(2)6-4-7/h3*3-8H,1-2H3;3-6H,1-2H3. The Morgan fingerprint density at radius 1 is 0.264 bits per heavy atom. The monoisotopic (exact) mass is 694 g/mol. The maximum Gasteiger partial charge on any atom is 0.138 e. The van der Waals surface area contributed by atoms with Crippen LogP contribution in [-0.2, 0) is 0 Å². The van der Waals surface area contributed by atoms with Gasteiger partial charge in [0.15, 0.2) is 0 Å². The van der Waals surface area contributed by atoms with Crippen molar-refractivity contribution in [3.05, 3.63) is 178 Å². The van der Waals surface area contributed by atoms with Crippen LogP contribution in [0.4, 0.5) is 0 Å². The quantitative estimate of drug-likeness (QED) is 0.159. The normalized spacial score (nSPS) is 11.0. The second-order valence-corrected chi connectivity index (χ2v) is 14.3. The van der Waals surface area contributed by atoms with Crippen LogP contribution in [0.1, 0.15) is 44.5 Å². The van der Waals surface area contributed by atoms with Crippen LogP contribution in [0.15, 0.2) is 147 Å². The van der Waals surface area contributed by atoms with Crippen molar-refractivity contribution in [3.63, 3.8) is 0 Å². The number of hydrogen-bond donors (Lipinski definition) is 0. The molecule has 0 aliphatic heterocycles. The average Bonchev–Trinajstić information content (AvgIpc) is 3.84. The van der Waals surface area contributed by atoms with E-state index >= 15 is 0 Å². The van der Waals surface area contributed by atoms with Gasteiger partial charge in [-0.05, 0) is 107 Å². The van der Waals surface area contributed by atoms with Gasteiger partial charge in [0, 0.05) is 32.3 Å². The minimum atomic E-state index is 0.973. The minimum Gasteiger partial charge on any atom is -0.456 e. The van der Waals surface area contributed by atoms with Crippen molar-refractivity contribution in [3.8, 4) is 0 Å². The number of furan rings is 3. The van der Waals surface area contributed by atoms with Gasteiger partial charge in [0.2, 0.25) is 0 Å². The molecule has 3 heteroatoms. The van der Waals surface area contributed by atoms with Gasteiger partial charge < -0.3 is 13.3 Å². The summed E-state index contributed by atoms with van der Waals surface area (Å²) in [6.45, 7) is 16.8. The van der Waals surface area contributed by atoms with Gasteiger partial charge in [0.25, 0.3) is 0 Å². The number of hydrogen-bond acceptors (Lipinski definition) is 3. The Kier molecular flexibility index (Phi) is 9.93. The molecule has 0 N–H and O–H groups in total. The molecule has 0 amide bonds. The molecule has 3 heterocycles. The molecule has 53 heavy (non-hydrogen) atoms. The summed E-state index contributed by atoms with van der Waals surface area (Å²) in [4.78, 5) is 0. The molecule has 0 bridgehead atoms. The number of benzene rings is 7. The Balaban J connectivity index is 0.000000112. The summed E-state index contributed by atoms with van der Waals surface area (Å²) in [7, 11) is 0. The maximum atomic E-state index is 5.91. The summed E-state index contributed by atoms with van der Waals surface area (Å²) in [6.07, 6.45) is 0. The van der Waals surface area contributed by atoms with Gasteiger partial charge in [-0.25, -0.2) is 0 Å². The molecule has 0 aliphatic carbocycles. The molecule has 0 atom stereocenters. The Labute approximate surface area is 311 Å². The van der Waals surface area contributed by atoms with Crippen LogP contribution in [0.5, 0.6) is 0 Å². The second-order valence-electron chi connectivity index (χ2n) is 14.3. The molecule has 10 aromatic rings. The van der Waals surface area contributed by atoms with Crippen molar-refractivity contribution < 1.29 is 13.3 Å². The molecular formula is C50H46O3. The highest BCUT2D eigenvalue weighted by molar-refractivity contribution is 6.08. The molecule has 0 spiro atoms. The van der Waals surface area contributed by atoms with Crippen molar-refractivity contribution in [2.45, 2.75) is 55.4 Å². The van der Waals surface area contributed by atoms with E-state index in [1.165, 1.54) is 76.8 Å². The first-order valence-electron chi connectivity index (χ1n) is 18.2. The van der Waals surface area contributed by atoms with E-state index in [-0.39, 0.29) is 0 Å². The van der Waals surface area contributed by atoms with Crippen molar-refractivity contribution in [1.82, 2.24) is 0 Å². The van der Waals surface area contributed by atoms with Crippen molar-refractivity contribution in [2.75, 3.05) is 0 Å². The minimum absolute atomic E-state index is 0.973. The first-order valence-corrected chi connectivity index (χ1v) is 18.2. The number of aryl methyl sites for hydroxylation is 8. The van der Waals surface area contributed by atoms with E-state index < -0.39 is 0 Å². The van der Waals surface area contributed by atoms with Crippen LogP contribution in [0, 0.1) is 55.4 Å². The molecule has 0 unspecified atom stereocenters. The molecule has 10 rings (SSSR count). The highest BCUT2D eigenvalue weighted by Crippen LogP contribution is 2.33. The van der Waals surface area contributed by atoms with Crippen LogP contribution in [0.2, 0.25) is 0 Å². The third-order valence-corrected chi connectivity index (χ3v) is 9.79. The zero-order valence-corrected chi connectivity index (χ0v) is 31.9. The van der Waals surface area contributed by atoms with E-state index in [1.807, 2.05) is 18.2 Å². The van der Waals surface area contributed by atoms with Crippen molar-refractivity contribution in [1.29, 1.82) is 0 Å². The van der Waals surface area contributed by atoms with Crippen LogP contribution >= 0.6 is 0 Å². The fourth-order valence-electron chi connectivity index (χ4n) is 6.97. The van der Waals surface area contributed by atoms with Crippen LogP contribution in [0.3, 0.4) is 0 Å². The van der Waals surface area contributed by atoms with Crippen LogP contribution < -0.4 is 0 Å². The van der Waals surface area contributed by atoms with Gasteiger partial charge in [-0.1, -0.05) is 126 Å². The summed E-state index contributed by atoms with van der Waals surface area (Å²) in [5.41, 5.74) is 16.0. The first-order chi connectivity index (χ1) is 25.6. The molecule has 0 radical (unpaired) electrons. The van der Waals surface area contributed by atoms with E-state index in [0.717, 1.165) is 33.5 Å².